The van der Waals surface area contributed by atoms with E-state index in [1.54, 1.807) is 7.11 Å². The normalized spacial score (nSPS) is 24.4. The third-order valence-electron chi connectivity index (χ3n) is 5.48. The minimum atomic E-state index is 0.679. The summed E-state index contributed by atoms with van der Waals surface area (Å²) in [6.07, 6.45) is 11.3. The van der Waals surface area contributed by atoms with E-state index in [0.717, 1.165) is 24.8 Å². The number of hydrogen-bond acceptors (Lipinski definition) is 2. The van der Waals surface area contributed by atoms with Crippen molar-refractivity contribution in [1.82, 2.24) is 5.32 Å². The van der Waals surface area contributed by atoms with Crippen LogP contribution in [0.25, 0.3) is 0 Å². The summed E-state index contributed by atoms with van der Waals surface area (Å²) < 4.78 is 5.20. The molecule has 1 atom stereocenters. The largest absolute Gasteiger partial charge is 0.497 e. The Kier molecular flexibility index (Phi) is 4.30. The smallest absolute Gasteiger partial charge is 0.118 e. The van der Waals surface area contributed by atoms with E-state index >= 15 is 0 Å². The van der Waals surface area contributed by atoms with E-state index in [9.17, 15) is 0 Å². The van der Waals surface area contributed by atoms with Crippen LogP contribution in [0.4, 0.5) is 0 Å². The molecule has 2 heteroatoms. The predicted molar refractivity (Wildman–Crippen MR) is 83.2 cm³/mol. The van der Waals surface area contributed by atoms with Crippen LogP contribution < -0.4 is 10.1 Å². The molecule has 20 heavy (non-hydrogen) atoms. The van der Waals surface area contributed by atoms with Gasteiger partial charge in [0.25, 0.3) is 0 Å². The van der Waals surface area contributed by atoms with Gasteiger partial charge in [0.05, 0.1) is 7.11 Å². The molecule has 2 aliphatic carbocycles. The number of methoxy groups -OCH3 is 1. The van der Waals surface area contributed by atoms with Crippen molar-refractivity contribution in [2.24, 2.45) is 5.41 Å². The van der Waals surface area contributed by atoms with Gasteiger partial charge < -0.3 is 10.1 Å². The SMILES string of the molecule is COc1ccc(CCNC2CCC23CCCCC3)cc1. The lowest BCUT2D eigenvalue weighted by molar-refractivity contribution is 0.0236. The molecular formula is C18H27NO. The van der Waals surface area contributed by atoms with E-state index in [2.05, 4.69) is 29.6 Å². The third kappa shape index (κ3) is 2.85. The summed E-state index contributed by atoms with van der Waals surface area (Å²) >= 11 is 0. The first-order chi connectivity index (χ1) is 9.82. The highest BCUT2D eigenvalue weighted by Gasteiger charge is 2.46. The molecule has 2 nitrogen and oxygen atoms in total. The van der Waals surface area contributed by atoms with Crippen molar-refractivity contribution in [1.29, 1.82) is 0 Å². The number of hydrogen-bond donors (Lipinski definition) is 1. The van der Waals surface area contributed by atoms with Crippen molar-refractivity contribution < 1.29 is 4.74 Å². The maximum absolute atomic E-state index is 5.20. The molecule has 0 amide bonds. The van der Waals surface area contributed by atoms with Gasteiger partial charge >= 0.3 is 0 Å². The summed E-state index contributed by atoms with van der Waals surface area (Å²) in [4.78, 5) is 0. The standard InChI is InChI=1S/C18H27NO/c1-20-16-7-5-15(6-8-16)10-14-19-17-9-13-18(17)11-3-2-4-12-18/h5-8,17,19H,2-4,9-14H2,1H3. The van der Waals surface area contributed by atoms with Crippen LogP contribution in [0.15, 0.2) is 24.3 Å². The van der Waals surface area contributed by atoms with Gasteiger partial charge in [-0.05, 0) is 61.8 Å². The monoisotopic (exact) mass is 273 g/mol. The van der Waals surface area contributed by atoms with Crippen LogP contribution in [-0.4, -0.2) is 19.7 Å². The second kappa shape index (κ2) is 6.17. The van der Waals surface area contributed by atoms with Crippen molar-refractivity contribution >= 4 is 0 Å². The van der Waals surface area contributed by atoms with E-state index in [1.165, 1.54) is 50.5 Å². The first-order valence-corrected chi connectivity index (χ1v) is 8.19. The molecule has 1 unspecified atom stereocenters. The molecule has 110 valence electrons. The van der Waals surface area contributed by atoms with Crippen LogP contribution in [0, 0.1) is 5.41 Å². The summed E-state index contributed by atoms with van der Waals surface area (Å²) in [5.41, 5.74) is 2.08. The average Bonchev–Trinajstić information content (AvgIpc) is 2.52. The molecule has 1 aromatic carbocycles. The summed E-state index contributed by atoms with van der Waals surface area (Å²) in [7, 11) is 1.72. The van der Waals surface area contributed by atoms with Gasteiger partial charge in [0.1, 0.15) is 5.75 Å². The molecule has 0 bridgehead atoms. The third-order valence-corrected chi connectivity index (χ3v) is 5.48. The Morgan fingerprint density at radius 3 is 2.45 bits per heavy atom. The average molecular weight is 273 g/mol. The Morgan fingerprint density at radius 2 is 1.85 bits per heavy atom. The van der Waals surface area contributed by atoms with Gasteiger partial charge in [0.15, 0.2) is 0 Å². The zero-order valence-corrected chi connectivity index (χ0v) is 12.7. The zero-order chi connectivity index (χ0) is 13.8. The highest BCUT2D eigenvalue weighted by molar-refractivity contribution is 5.27. The summed E-state index contributed by atoms with van der Waals surface area (Å²) in [6.45, 7) is 1.11. The maximum Gasteiger partial charge on any atom is 0.118 e. The number of ether oxygens (including phenoxy) is 1. The molecule has 3 rings (SSSR count). The molecule has 2 fully saturated rings. The molecule has 2 saturated carbocycles. The van der Waals surface area contributed by atoms with Crippen LogP contribution in [0.3, 0.4) is 0 Å². The molecule has 0 aliphatic heterocycles. The van der Waals surface area contributed by atoms with Crippen LogP contribution in [0.2, 0.25) is 0 Å². The highest BCUT2D eigenvalue weighted by atomic mass is 16.5. The summed E-state index contributed by atoms with van der Waals surface area (Å²) in [6, 6.07) is 9.26. The minimum absolute atomic E-state index is 0.679. The lowest BCUT2D eigenvalue weighted by atomic mass is 9.57. The molecule has 1 spiro atoms. The van der Waals surface area contributed by atoms with Crippen molar-refractivity contribution in [3.63, 3.8) is 0 Å². The van der Waals surface area contributed by atoms with Crippen LogP contribution in [0.5, 0.6) is 5.75 Å². The minimum Gasteiger partial charge on any atom is -0.497 e. The fraction of sp³-hybridized carbons (Fsp3) is 0.667. The van der Waals surface area contributed by atoms with Crippen molar-refractivity contribution in [2.45, 2.75) is 57.4 Å². The van der Waals surface area contributed by atoms with E-state index < -0.39 is 0 Å². The summed E-state index contributed by atoms with van der Waals surface area (Å²) in [5.74, 6) is 0.946. The van der Waals surface area contributed by atoms with E-state index in [1.807, 2.05) is 0 Å². The Hall–Kier alpha value is -1.02. The van der Waals surface area contributed by atoms with E-state index in [4.69, 9.17) is 4.74 Å². The molecule has 2 aliphatic rings. The van der Waals surface area contributed by atoms with E-state index in [0.29, 0.717) is 5.41 Å². The van der Waals surface area contributed by atoms with Gasteiger partial charge in [0, 0.05) is 6.04 Å². The van der Waals surface area contributed by atoms with Gasteiger partial charge in [-0.3, -0.25) is 0 Å². The van der Waals surface area contributed by atoms with Gasteiger partial charge in [0.2, 0.25) is 0 Å². The molecule has 0 saturated heterocycles. The molecule has 1 aromatic rings. The molecule has 0 heterocycles. The fourth-order valence-corrected chi connectivity index (χ4v) is 4.05. The van der Waals surface area contributed by atoms with Gasteiger partial charge in [-0.25, -0.2) is 0 Å². The van der Waals surface area contributed by atoms with Crippen molar-refractivity contribution in [2.75, 3.05) is 13.7 Å². The lowest BCUT2D eigenvalue weighted by Gasteiger charge is -2.52. The Bertz CT molecular complexity index is 420. The Labute approximate surface area is 122 Å². The second-order valence-corrected chi connectivity index (χ2v) is 6.57. The maximum atomic E-state index is 5.20. The Balaban J connectivity index is 1.45. The van der Waals surface area contributed by atoms with Gasteiger partial charge in [-0.15, -0.1) is 0 Å². The molecule has 1 N–H and O–H groups in total. The fourth-order valence-electron chi connectivity index (χ4n) is 4.05. The van der Waals surface area contributed by atoms with Crippen LogP contribution >= 0.6 is 0 Å². The summed E-state index contributed by atoms with van der Waals surface area (Å²) in [5, 5.41) is 3.83. The molecule has 0 radical (unpaired) electrons. The van der Waals surface area contributed by atoms with Crippen LogP contribution in [0.1, 0.15) is 50.5 Å². The quantitative estimate of drug-likeness (QED) is 0.877. The molecular weight excluding hydrogens is 246 g/mol. The predicted octanol–water partition coefficient (Wildman–Crippen LogP) is 3.94. The highest BCUT2D eigenvalue weighted by Crippen LogP contribution is 2.51. The van der Waals surface area contributed by atoms with Crippen molar-refractivity contribution in [3.8, 4) is 5.75 Å². The second-order valence-electron chi connectivity index (χ2n) is 6.57. The van der Waals surface area contributed by atoms with E-state index in [-0.39, 0.29) is 0 Å². The van der Waals surface area contributed by atoms with Crippen LogP contribution in [-0.2, 0) is 6.42 Å². The lowest BCUT2D eigenvalue weighted by Crippen LogP contribution is -2.54. The van der Waals surface area contributed by atoms with Gasteiger partial charge in [-0.1, -0.05) is 31.4 Å². The topological polar surface area (TPSA) is 21.3 Å². The van der Waals surface area contributed by atoms with Gasteiger partial charge in [-0.2, -0.15) is 0 Å². The first kappa shape index (κ1) is 13.9. The molecule has 0 aromatic heterocycles. The number of nitrogens with one attached hydrogen (secondary N) is 1. The number of benzene rings is 1. The zero-order valence-electron chi connectivity index (χ0n) is 12.7. The Morgan fingerprint density at radius 1 is 1.10 bits per heavy atom. The first-order valence-electron chi connectivity index (χ1n) is 8.19. The number of rotatable bonds is 5. The van der Waals surface area contributed by atoms with Crippen molar-refractivity contribution in [3.05, 3.63) is 29.8 Å².